The zero-order chi connectivity index (χ0) is 11.8. The highest BCUT2D eigenvalue weighted by Gasteiger charge is 2.35. The predicted molar refractivity (Wildman–Crippen MR) is 73.8 cm³/mol. The van der Waals surface area contributed by atoms with Gasteiger partial charge in [-0.1, -0.05) is 35.4 Å². The maximum Gasteiger partial charge on any atom is 0.0441 e. The van der Waals surface area contributed by atoms with Crippen LogP contribution in [0.1, 0.15) is 12.8 Å². The Hall–Kier alpha value is -0.660. The second kappa shape index (κ2) is 4.55. The van der Waals surface area contributed by atoms with E-state index in [0.717, 1.165) is 30.0 Å². The highest BCUT2D eigenvalue weighted by atomic mass is 35.5. The molecule has 0 aliphatic heterocycles. The molecule has 1 nitrogen and oxygen atoms in total. The van der Waals surface area contributed by atoms with Crippen molar-refractivity contribution in [3.63, 3.8) is 0 Å². The molecule has 17 heavy (non-hydrogen) atoms. The third-order valence-electron chi connectivity index (χ3n) is 3.85. The van der Waals surface area contributed by atoms with Gasteiger partial charge >= 0.3 is 0 Å². The van der Waals surface area contributed by atoms with E-state index in [2.05, 4.69) is 17.5 Å². The largest absolute Gasteiger partial charge is 0.385 e. The Morgan fingerprint density at radius 2 is 1.82 bits per heavy atom. The van der Waals surface area contributed by atoms with Crippen LogP contribution in [0.15, 0.2) is 30.4 Å². The van der Waals surface area contributed by atoms with Crippen LogP contribution in [-0.4, -0.2) is 6.54 Å². The van der Waals surface area contributed by atoms with Gasteiger partial charge in [-0.3, -0.25) is 0 Å². The lowest BCUT2D eigenvalue weighted by atomic mass is 9.93. The van der Waals surface area contributed by atoms with Gasteiger partial charge in [-0.05, 0) is 48.8 Å². The van der Waals surface area contributed by atoms with Gasteiger partial charge in [0.15, 0.2) is 0 Å². The number of hydrogen-bond acceptors (Lipinski definition) is 1. The Morgan fingerprint density at radius 1 is 1.06 bits per heavy atom. The molecule has 1 saturated carbocycles. The van der Waals surface area contributed by atoms with Crippen LogP contribution in [0, 0.1) is 17.8 Å². The minimum atomic E-state index is 0.688. The zero-order valence-electron chi connectivity index (χ0n) is 9.50. The number of fused-ring (bicyclic) bond motifs is 2. The van der Waals surface area contributed by atoms with Crippen LogP contribution in [0.3, 0.4) is 0 Å². The molecule has 90 valence electrons. The fourth-order valence-corrected chi connectivity index (χ4v) is 3.56. The van der Waals surface area contributed by atoms with Crippen LogP contribution >= 0.6 is 23.2 Å². The van der Waals surface area contributed by atoms with Gasteiger partial charge in [0.2, 0.25) is 0 Å². The molecule has 3 atom stereocenters. The summed E-state index contributed by atoms with van der Waals surface area (Å²) in [7, 11) is 0. The fraction of sp³-hybridized carbons (Fsp3) is 0.429. The number of nitrogens with one attached hydrogen (secondary N) is 1. The van der Waals surface area contributed by atoms with Crippen molar-refractivity contribution in [2.75, 3.05) is 11.9 Å². The molecule has 2 aliphatic rings. The maximum absolute atomic E-state index is 5.97. The minimum Gasteiger partial charge on any atom is -0.385 e. The van der Waals surface area contributed by atoms with E-state index in [1.54, 1.807) is 6.07 Å². The van der Waals surface area contributed by atoms with Crippen molar-refractivity contribution in [2.24, 2.45) is 17.8 Å². The second-order valence-electron chi connectivity index (χ2n) is 5.08. The normalized spacial score (nSPS) is 29.9. The Bertz CT molecular complexity index is 435. The molecular formula is C14H15Cl2N. The Balaban J connectivity index is 1.62. The first-order valence-electron chi connectivity index (χ1n) is 6.09. The lowest BCUT2D eigenvalue weighted by molar-refractivity contribution is 0.472. The molecular weight excluding hydrogens is 253 g/mol. The number of benzene rings is 1. The third-order valence-corrected chi connectivity index (χ3v) is 4.28. The highest BCUT2D eigenvalue weighted by molar-refractivity contribution is 6.35. The van der Waals surface area contributed by atoms with E-state index in [1.165, 1.54) is 12.8 Å². The van der Waals surface area contributed by atoms with Gasteiger partial charge in [-0.25, -0.2) is 0 Å². The van der Waals surface area contributed by atoms with Crippen LogP contribution < -0.4 is 5.32 Å². The highest BCUT2D eigenvalue weighted by Crippen LogP contribution is 2.43. The van der Waals surface area contributed by atoms with Gasteiger partial charge in [-0.2, -0.15) is 0 Å². The van der Waals surface area contributed by atoms with E-state index >= 15 is 0 Å². The number of halogens is 2. The summed E-state index contributed by atoms with van der Waals surface area (Å²) >= 11 is 11.9. The molecule has 0 saturated heterocycles. The number of anilines is 1. The Labute approximate surface area is 112 Å². The van der Waals surface area contributed by atoms with Crippen molar-refractivity contribution in [3.8, 4) is 0 Å². The molecule has 1 aromatic rings. The molecule has 1 fully saturated rings. The van der Waals surface area contributed by atoms with Gasteiger partial charge in [0.25, 0.3) is 0 Å². The van der Waals surface area contributed by atoms with E-state index < -0.39 is 0 Å². The molecule has 3 unspecified atom stereocenters. The van der Waals surface area contributed by atoms with Gasteiger partial charge in [0, 0.05) is 22.3 Å². The van der Waals surface area contributed by atoms with Crippen LogP contribution in [0.25, 0.3) is 0 Å². The number of allylic oxidation sites excluding steroid dienone is 2. The van der Waals surface area contributed by atoms with Crippen LogP contribution in [0.5, 0.6) is 0 Å². The zero-order valence-corrected chi connectivity index (χ0v) is 11.0. The van der Waals surface area contributed by atoms with Crippen molar-refractivity contribution >= 4 is 28.9 Å². The molecule has 3 heteroatoms. The first-order valence-corrected chi connectivity index (χ1v) is 6.84. The Morgan fingerprint density at radius 3 is 2.41 bits per heavy atom. The molecule has 1 aromatic carbocycles. The average Bonchev–Trinajstić information content (AvgIpc) is 2.86. The fourth-order valence-electron chi connectivity index (χ4n) is 3.03. The molecule has 1 N–H and O–H groups in total. The standard InChI is InChI=1S/C14H15Cl2N/c15-12-5-13(16)7-14(6-12)17-8-11-4-9-1-2-10(11)3-9/h1-2,5-7,9-11,17H,3-4,8H2. The quantitative estimate of drug-likeness (QED) is 0.789. The summed E-state index contributed by atoms with van der Waals surface area (Å²) in [6.07, 6.45) is 7.42. The maximum atomic E-state index is 5.97. The van der Waals surface area contributed by atoms with Crippen molar-refractivity contribution in [2.45, 2.75) is 12.8 Å². The summed E-state index contributed by atoms with van der Waals surface area (Å²) in [4.78, 5) is 0. The lowest BCUT2D eigenvalue weighted by Gasteiger charge is -2.19. The predicted octanol–water partition coefficient (Wildman–Crippen LogP) is 4.62. The SMILES string of the molecule is Clc1cc(Cl)cc(NCC2CC3C=CC2C3)c1. The lowest BCUT2D eigenvalue weighted by Crippen LogP contribution is -2.18. The number of hydrogen-bond donors (Lipinski definition) is 1. The van der Waals surface area contributed by atoms with Crippen molar-refractivity contribution < 1.29 is 0 Å². The number of rotatable bonds is 3. The Kier molecular flexibility index (Phi) is 3.06. The van der Waals surface area contributed by atoms with E-state index in [4.69, 9.17) is 23.2 Å². The summed E-state index contributed by atoms with van der Waals surface area (Å²) in [6, 6.07) is 5.61. The van der Waals surface area contributed by atoms with Gasteiger partial charge in [0.05, 0.1) is 0 Å². The molecule has 2 aliphatic carbocycles. The topological polar surface area (TPSA) is 12.0 Å². The average molecular weight is 268 g/mol. The van der Waals surface area contributed by atoms with E-state index in [9.17, 15) is 0 Å². The van der Waals surface area contributed by atoms with Crippen LogP contribution in [0.2, 0.25) is 10.0 Å². The van der Waals surface area contributed by atoms with E-state index in [1.807, 2.05) is 12.1 Å². The van der Waals surface area contributed by atoms with E-state index in [0.29, 0.717) is 10.0 Å². The van der Waals surface area contributed by atoms with Crippen molar-refractivity contribution in [1.29, 1.82) is 0 Å². The van der Waals surface area contributed by atoms with Crippen LogP contribution in [0.4, 0.5) is 5.69 Å². The minimum absolute atomic E-state index is 0.688. The molecule has 3 rings (SSSR count). The van der Waals surface area contributed by atoms with Gasteiger partial charge < -0.3 is 5.32 Å². The smallest absolute Gasteiger partial charge is 0.0441 e. The molecule has 0 heterocycles. The molecule has 0 aromatic heterocycles. The molecule has 0 amide bonds. The molecule has 0 spiro atoms. The van der Waals surface area contributed by atoms with Crippen molar-refractivity contribution in [3.05, 3.63) is 40.4 Å². The third kappa shape index (κ3) is 2.46. The van der Waals surface area contributed by atoms with Gasteiger partial charge in [-0.15, -0.1) is 0 Å². The second-order valence-corrected chi connectivity index (χ2v) is 5.95. The first kappa shape index (κ1) is 11.4. The summed E-state index contributed by atoms with van der Waals surface area (Å²) in [5.74, 6) is 2.37. The summed E-state index contributed by atoms with van der Waals surface area (Å²) in [6.45, 7) is 1.02. The monoisotopic (exact) mass is 267 g/mol. The van der Waals surface area contributed by atoms with Crippen LogP contribution in [-0.2, 0) is 0 Å². The van der Waals surface area contributed by atoms with Crippen molar-refractivity contribution in [1.82, 2.24) is 0 Å². The summed E-state index contributed by atoms with van der Waals surface area (Å²) in [5, 5.41) is 4.83. The molecule has 0 radical (unpaired) electrons. The van der Waals surface area contributed by atoms with Gasteiger partial charge in [0.1, 0.15) is 0 Å². The summed E-state index contributed by atoms with van der Waals surface area (Å²) < 4.78 is 0. The molecule has 2 bridgehead atoms. The van der Waals surface area contributed by atoms with E-state index in [-0.39, 0.29) is 0 Å². The first-order chi connectivity index (χ1) is 8.20. The summed E-state index contributed by atoms with van der Waals surface area (Å²) in [5.41, 5.74) is 1.02.